The van der Waals surface area contributed by atoms with Crippen molar-refractivity contribution in [1.29, 1.82) is 0 Å². The van der Waals surface area contributed by atoms with Gasteiger partial charge in [-0.15, -0.1) is 0 Å². The van der Waals surface area contributed by atoms with Crippen LogP contribution in [0.25, 0.3) is 39.2 Å². The first-order valence-electron chi connectivity index (χ1n) is 12.2. The zero-order chi connectivity index (χ0) is 24.9. The van der Waals surface area contributed by atoms with Crippen LogP contribution < -0.4 is 4.74 Å². The maximum Gasteiger partial charge on any atom is 0.167 e. The first kappa shape index (κ1) is 23.3. The quantitative estimate of drug-likeness (QED) is 0.236. The molecule has 0 fully saturated rings. The van der Waals surface area contributed by atoms with Crippen LogP contribution in [-0.4, -0.2) is 22.2 Å². The Balaban J connectivity index is 1.70. The van der Waals surface area contributed by atoms with Gasteiger partial charge in [-0.3, -0.25) is 4.79 Å². The van der Waals surface area contributed by atoms with Gasteiger partial charge in [0, 0.05) is 16.7 Å². The molecule has 0 radical (unpaired) electrons. The maximum absolute atomic E-state index is 11.4. The van der Waals surface area contributed by atoms with Crippen LogP contribution in [0.4, 0.5) is 0 Å². The van der Waals surface area contributed by atoms with E-state index in [1.807, 2.05) is 42.5 Å². The molecule has 0 saturated carbocycles. The minimum atomic E-state index is -0.00758. The van der Waals surface area contributed by atoms with E-state index in [1.165, 1.54) is 6.92 Å². The Labute approximate surface area is 211 Å². The molecular formula is C32H28N2O2. The van der Waals surface area contributed by atoms with E-state index < -0.39 is 0 Å². The zero-order valence-electron chi connectivity index (χ0n) is 20.5. The molecule has 0 amide bonds. The van der Waals surface area contributed by atoms with Gasteiger partial charge in [0.25, 0.3) is 0 Å². The molecular weight excluding hydrogens is 444 g/mol. The molecule has 1 heterocycles. The summed E-state index contributed by atoms with van der Waals surface area (Å²) in [4.78, 5) is 11.4. The Bertz CT molecular complexity index is 1490. The average molecular weight is 473 g/mol. The number of rotatable bonds is 8. The van der Waals surface area contributed by atoms with Crippen LogP contribution in [0.15, 0.2) is 109 Å². The molecule has 4 aromatic carbocycles. The Morgan fingerprint density at radius 3 is 2.11 bits per heavy atom. The first-order chi connectivity index (χ1) is 17.7. The van der Waals surface area contributed by atoms with Crippen molar-refractivity contribution in [2.45, 2.75) is 20.3 Å². The van der Waals surface area contributed by atoms with Crippen molar-refractivity contribution in [2.75, 3.05) is 6.61 Å². The molecule has 36 heavy (non-hydrogen) atoms. The van der Waals surface area contributed by atoms with Gasteiger partial charge in [0.1, 0.15) is 18.1 Å². The summed E-state index contributed by atoms with van der Waals surface area (Å²) in [6.45, 7) is 3.76. The molecule has 0 aliphatic rings. The Kier molecular flexibility index (Phi) is 6.76. The Morgan fingerprint density at radius 1 is 0.778 bits per heavy atom. The van der Waals surface area contributed by atoms with Crippen molar-refractivity contribution in [3.05, 3.63) is 115 Å². The summed E-state index contributed by atoms with van der Waals surface area (Å²) in [5.74, 6) is 0.662. The third kappa shape index (κ3) is 4.71. The predicted molar refractivity (Wildman–Crippen MR) is 145 cm³/mol. The Morgan fingerprint density at radius 2 is 1.42 bits per heavy atom. The van der Waals surface area contributed by atoms with Crippen LogP contribution in [0.3, 0.4) is 0 Å². The van der Waals surface area contributed by atoms with Gasteiger partial charge >= 0.3 is 0 Å². The highest BCUT2D eigenvalue weighted by Gasteiger charge is 2.22. The predicted octanol–water partition coefficient (Wildman–Crippen LogP) is 7.40. The van der Waals surface area contributed by atoms with Gasteiger partial charge in [-0.2, -0.15) is 5.10 Å². The van der Waals surface area contributed by atoms with E-state index in [9.17, 15) is 4.79 Å². The van der Waals surface area contributed by atoms with Gasteiger partial charge in [0.15, 0.2) is 5.78 Å². The molecule has 4 heteroatoms. The normalized spacial score (nSPS) is 10.8. The molecule has 5 rings (SSSR count). The van der Waals surface area contributed by atoms with Crippen molar-refractivity contribution in [2.24, 2.45) is 0 Å². The van der Waals surface area contributed by atoms with Crippen LogP contribution in [0.1, 0.15) is 19.5 Å². The van der Waals surface area contributed by atoms with Gasteiger partial charge < -0.3 is 4.74 Å². The van der Waals surface area contributed by atoms with Gasteiger partial charge in [-0.05, 0) is 42.7 Å². The summed E-state index contributed by atoms with van der Waals surface area (Å²) in [6, 6.07) is 37.0. The Hall–Kier alpha value is -4.44. The van der Waals surface area contributed by atoms with E-state index in [1.54, 1.807) is 0 Å². The zero-order valence-corrected chi connectivity index (χ0v) is 20.5. The monoisotopic (exact) mass is 472 g/mol. The second-order valence-electron chi connectivity index (χ2n) is 8.70. The lowest BCUT2D eigenvalue weighted by Crippen LogP contribution is -2.06. The number of para-hydroxylation sites is 1. The summed E-state index contributed by atoms with van der Waals surface area (Å²) < 4.78 is 7.77. The minimum absolute atomic E-state index is 0.00758. The standard InChI is InChI=1S/C32H28N2O2/c1-3-29-31(24-13-6-4-7-14-24)32(25-15-8-5-9-16-25)33-34(29)30-20-11-10-19-28(30)26-17-12-18-27(21-26)36-22-23(2)35/h4-21H,3,22H2,1-2H3. The lowest BCUT2D eigenvalue weighted by atomic mass is 9.97. The minimum Gasteiger partial charge on any atom is -0.486 e. The van der Waals surface area contributed by atoms with Crippen molar-refractivity contribution >= 4 is 5.78 Å². The number of nitrogens with zero attached hydrogens (tertiary/aromatic N) is 2. The third-order valence-electron chi connectivity index (χ3n) is 6.15. The fourth-order valence-corrected chi connectivity index (χ4v) is 4.53. The van der Waals surface area contributed by atoms with Crippen LogP contribution >= 0.6 is 0 Å². The fraction of sp³-hybridized carbons (Fsp3) is 0.125. The van der Waals surface area contributed by atoms with Gasteiger partial charge in [0.05, 0.1) is 11.4 Å². The van der Waals surface area contributed by atoms with Crippen molar-refractivity contribution in [1.82, 2.24) is 9.78 Å². The number of hydrogen-bond acceptors (Lipinski definition) is 3. The van der Waals surface area contributed by atoms with E-state index in [-0.39, 0.29) is 12.4 Å². The smallest absolute Gasteiger partial charge is 0.167 e. The molecule has 4 nitrogen and oxygen atoms in total. The lowest BCUT2D eigenvalue weighted by molar-refractivity contribution is -0.118. The van der Waals surface area contributed by atoms with E-state index >= 15 is 0 Å². The number of carbonyl (C=O) groups excluding carboxylic acids is 1. The molecule has 0 aliphatic carbocycles. The molecule has 178 valence electrons. The molecule has 1 aromatic heterocycles. The summed E-state index contributed by atoms with van der Waals surface area (Å²) in [7, 11) is 0. The van der Waals surface area contributed by atoms with E-state index in [2.05, 4.69) is 78.3 Å². The second kappa shape index (κ2) is 10.4. The topological polar surface area (TPSA) is 44.1 Å². The number of Topliss-reactive ketones (excluding diaryl/α,β-unsaturated/α-hetero) is 1. The first-order valence-corrected chi connectivity index (χ1v) is 12.2. The van der Waals surface area contributed by atoms with E-state index in [0.717, 1.165) is 51.3 Å². The summed E-state index contributed by atoms with van der Waals surface area (Å²) >= 11 is 0. The SMILES string of the molecule is CCc1c(-c2ccccc2)c(-c2ccccc2)nn1-c1ccccc1-c1cccc(OCC(C)=O)c1. The maximum atomic E-state index is 11.4. The highest BCUT2D eigenvalue weighted by molar-refractivity contribution is 5.84. The molecule has 0 bridgehead atoms. The van der Waals surface area contributed by atoms with E-state index in [4.69, 9.17) is 9.84 Å². The molecule has 0 unspecified atom stereocenters. The summed E-state index contributed by atoms with van der Waals surface area (Å²) in [5, 5.41) is 5.21. The second-order valence-corrected chi connectivity index (χ2v) is 8.70. The average Bonchev–Trinajstić information content (AvgIpc) is 3.32. The highest BCUT2D eigenvalue weighted by atomic mass is 16.5. The van der Waals surface area contributed by atoms with Gasteiger partial charge in [-0.1, -0.05) is 97.9 Å². The van der Waals surface area contributed by atoms with Crippen molar-refractivity contribution < 1.29 is 9.53 Å². The number of benzene rings is 4. The molecule has 0 aliphatic heterocycles. The number of hydrogen-bond donors (Lipinski definition) is 0. The van der Waals surface area contributed by atoms with Crippen molar-refractivity contribution in [3.8, 4) is 44.9 Å². The third-order valence-corrected chi connectivity index (χ3v) is 6.15. The molecule has 0 spiro atoms. The van der Waals surface area contributed by atoms with Crippen LogP contribution in [0.5, 0.6) is 5.75 Å². The van der Waals surface area contributed by atoms with Crippen LogP contribution in [0.2, 0.25) is 0 Å². The number of ketones is 1. The highest BCUT2D eigenvalue weighted by Crippen LogP contribution is 2.38. The molecule has 0 atom stereocenters. The van der Waals surface area contributed by atoms with Crippen molar-refractivity contribution in [3.63, 3.8) is 0 Å². The lowest BCUT2D eigenvalue weighted by Gasteiger charge is -2.14. The molecule has 5 aromatic rings. The largest absolute Gasteiger partial charge is 0.486 e. The molecule has 0 saturated heterocycles. The summed E-state index contributed by atoms with van der Waals surface area (Å²) in [5.41, 5.74) is 8.55. The summed E-state index contributed by atoms with van der Waals surface area (Å²) in [6.07, 6.45) is 0.820. The fourth-order valence-electron chi connectivity index (χ4n) is 4.53. The van der Waals surface area contributed by atoms with Gasteiger partial charge in [-0.25, -0.2) is 4.68 Å². The number of aromatic nitrogens is 2. The van der Waals surface area contributed by atoms with Crippen LogP contribution in [-0.2, 0) is 11.2 Å². The molecule has 0 N–H and O–H groups in total. The van der Waals surface area contributed by atoms with Crippen LogP contribution in [0, 0.1) is 0 Å². The van der Waals surface area contributed by atoms with Gasteiger partial charge in [0.2, 0.25) is 0 Å². The number of carbonyl (C=O) groups is 1. The van der Waals surface area contributed by atoms with E-state index in [0.29, 0.717) is 5.75 Å². The number of ether oxygens (including phenoxy) is 1.